The van der Waals surface area contributed by atoms with Crippen molar-refractivity contribution in [3.05, 3.63) is 69.5 Å². The van der Waals surface area contributed by atoms with Gasteiger partial charge in [0, 0.05) is 11.1 Å². The van der Waals surface area contributed by atoms with Crippen molar-refractivity contribution in [1.82, 2.24) is 0 Å². The first-order chi connectivity index (χ1) is 10.2. The molecule has 0 bridgehead atoms. The predicted octanol–water partition coefficient (Wildman–Crippen LogP) is 3.94. The van der Waals surface area contributed by atoms with E-state index in [4.69, 9.17) is 0 Å². The molecule has 0 spiro atoms. The molecule has 2 aromatic rings. The quantitative estimate of drug-likeness (QED) is 0.455. The summed E-state index contributed by atoms with van der Waals surface area (Å²) in [7, 11) is 0. The van der Waals surface area contributed by atoms with Crippen molar-refractivity contribution >= 4 is 22.9 Å². The van der Waals surface area contributed by atoms with E-state index < -0.39 is 18.0 Å². The van der Waals surface area contributed by atoms with Gasteiger partial charge in [0.1, 0.15) is 11.4 Å². The zero-order chi connectivity index (χ0) is 15.2. The summed E-state index contributed by atoms with van der Waals surface area (Å²) in [6, 6.07) is 11.9. The van der Waals surface area contributed by atoms with Gasteiger partial charge in [0.05, 0.1) is 6.42 Å². The lowest BCUT2D eigenvalue weighted by molar-refractivity contribution is 0.0895. The van der Waals surface area contributed by atoms with E-state index in [1.165, 1.54) is 24.3 Å². The van der Waals surface area contributed by atoms with Crippen LogP contribution in [0.25, 0.3) is 0 Å². The maximum Gasteiger partial charge on any atom is 0.172 e. The minimum absolute atomic E-state index is 0.0166. The fourth-order valence-corrected chi connectivity index (χ4v) is 1.91. The molecule has 0 saturated carbocycles. The largest absolute Gasteiger partial charge is 0.294 e. The molecule has 0 fully saturated rings. The normalized spacial score (nSPS) is 9.90. The monoisotopic (exact) mass is 282 g/mol. The molecule has 0 amide bonds. The summed E-state index contributed by atoms with van der Waals surface area (Å²) in [5.41, 5.74) is 0.129. The van der Waals surface area contributed by atoms with Gasteiger partial charge in [-0.2, -0.15) is 0 Å². The van der Waals surface area contributed by atoms with Gasteiger partial charge >= 0.3 is 0 Å². The summed E-state index contributed by atoms with van der Waals surface area (Å²) in [4.78, 5) is 45.4. The molecule has 0 aliphatic heterocycles. The number of hydrogen-bond acceptors (Lipinski definition) is 6. The van der Waals surface area contributed by atoms with Crippen molar-refractivity contribution in [3.63, 3.8) is 0 Å². The van der Waals surface area contributed by atoms with Gasteiger partial charge in [0.2, 0.25) is 0 Å². The molecule has 0 aromatic heterocycles. The van der Waals surface area contributed by atoms with Crippen LogP contribution in [0.3, 0.4) is 0 Å². The smallest absolute Gasteiger partial charge is 0.172 e. The van der Waals surface area contributed by atoms with Gasteiger partial charge in [0.25, 0.3) is 0 Å². The molecule has 0 aliphatic carbocycles. The number of carbonyl (C=O) groups is 2. The molecule has 0 unspecified atom stereocenters. The highest BCUT2D eigenvalue weighted by molar-refractivity contribution is 6.16. The summed E-state index contributed by atoms with van der Waals surface area (Å²) in [5.74, 6) is -1.06. The van der Waals surface area contributed by atoms with Crippen LogP contribution in [-0.4, -0.2) is 11.6 Å². The number of Topliss-reactive ketones (excluding diaryl/α,β-unsaturated/α-hetero) is 2. The van der Waals surface area contributed by atoms with Crippen molar-refractivity contribution in [2.45, 2.75) is 6.42 Å². The van der Waals surface area contributed by atoms with Crippen LogP contribution in [0.4, 0.5) is 11.4 Å². The highest BCUT2D eigenvalue weighted by Gasteiger charge is 2.19. The van der Waals surface area contributed by atoms with E-state index in [2.05, 4.69) is 10.4 Å². The van der Waals surface area contributed by atoms with E-state index in [1.54, 1.807) is 24.3 Å². The SMILES string of the molecule is O=Nc1ccccc1C(=O)CC(=O)c1ccccc1N=O. The van der Waals surface area contributed by atoms with Crippen molar-refractivity contribution in [1.29, 1.82) is 0 Å². The summed E-state index contributed by atoms with van der Waals surface area (Å²) in [5, 5.41) is 5.51. The third-order valence-electron chi connectivity index (χ3n) is 2.93. The minimum atomic E-state index is -0.532. The molecule has 0 aliphatic rings. The fourth-order valence-electron chi connectivity index (χ4n) is 1.91. The van der Waals surface area contributed by atoms with E-state index in [-0.39, 0.29) is 22.5 Å². The Morgan fingerprint density at radius 3 is 1.48 bits per heavy atom. The Morgan fingerprint density at radius 1 is 0.714 bits per heavy atom. The Labute approximate surface area is 119 Å². The second-order valence-corrected chi connectivity index (χ2v) is 4.24. The Kier molecular flexibility index (Phi) is 4.40. The van der Waals surface area contributed by atoms with Gasteiger partial charge < -0.3 is 0 Å². The van der Waals surface area contributed by atoms with Crippen LogP contribution in [0.5, 0.6) is 0 Å². The standard InChI is InChI=1S/C15H10N2O4/c18-14(10-5-1-3-7-12(10)16-20)9-15(19)11-6-2-4-8-13(11)17-21/h1-8H,9H2. The lowest BCUT2D eigenvalue weighted by Crippen LogP contribution is -2.09. The molecule has 2 aromatic carbocycles. The first-order valence-corrected chi connectivity index (χ1v) is 6.08. The van der Waals surface area contributed by atoms with Crippen molar-refractivity contribution in [2.24, 2.45) is 10.4 Å². The van der Waals surface area contributed by atoms with Crippen LogP contribution >= 0.6 is 0 Å². The summed E-state index contributed by atoms with van der Waals surface area (Å²) >= 11 is 0. The number of benzene rings is 2. The number of hydrogen-bond donors (Lipinski definition) is 0. The second-order valence-electron chi connectivity index (χ2n) is 4.24. The van der Waals surface area contributed by atoms with Crippen LogP contribution in [0.2, 0.25) is 0 Å². The van der Waals surface area contributed by atoms with Gasteiger partial charge in [-0.1, -0.05) is 24.3 Å². The minimum Gasteiger partial charge on any atom is -0.294 e. The zero-order valence-electron chi connectivity index (χ0n) is 10.9. The van der Waals surface area contributed by atoms with Crippen LogP contribution in [0, 0.1) is 9.81 Å². The summed E-state index contributed by atoms with van der Waals surface area (Å²) < 4.78 is 0. The van der Waals surface area contributed by atoms with Crippen molar-refractivity contribution in [2.75, 3.05) is 0 Å². The molecular weight excluding hydrogens is 272 g/mol. The van der Waals surface area contributed by atoms with E-state index in [0.29, 0.717) is 0 Å². The van der Waals surface area contributed by atoms with Gasteiger partial charge in [-0.15, -0.1) is 9.81 Å². The van der Waals surface area contributed by atoms with Gasteiger partial charge in [-0.05, 0) is 34.6 Å². The molecule has 6 nitrogen and oxygen atoms in total. The molecule has 0 N–H and O–H groups in total. The molecule has 0 atom stereocenters. The van der Waals surface area contributed by atoms with Gasteiger partial charge in [0.15, 0.2) is 11.6 Å². The molecule has 21 heavy (non-hydrogen) atoms. The molecule has 0 radical (unpaired) electrons. The van der Waals surface area contributed by atoms with Crippen molar-refractivity contribution in [3.8, 4) is 0 Å². The Bertz CT molecular complexity index is 664. The van der Waals surface area contributed by atoms with Gasteiger partial charge in [-0.25, -0.2) is 0 Å². The molecule has 0 saturated heterocycles. The van der Waals surface area contributed by atoms with Crippen LogP contribution in [-0.2, 0) is 0 Å². The van der Waals surface area contributed by atoms with Gasteiger partial charge in [-0.3, -0.25) is 9.59 Å². The third kappa shape index (κ3) is 3.11. The van der Waals surface area contributed by atoms with Crippen molar-refractivity contribution < 1.29 is 9.59 Å². The second kappa shape index (κ2) is 6.42. The first kappa shape index (κ1) is 14.4. The Morgan fingerprint density at radius 2 is 1.10 bits per heavy atom. The number of nitrogens with zero attached hydrogens (tertiary/aromatic N) is 2. The zero-order valence-corrected chi connectivity index (χ0v) is 10.9. The number of carbonyl (C=O) groups excluding carboxylic acids is 2. The summed E-state index contributed by atoms with van der Waals surface area (Å²) in [6.07, 6.45) is -0.459. The first-order valence-electron chi connectivity index (χ1n) is 6.08. The maximum absolute atomic E-state index is 12.1. The van der Waals surface area contributed by atoms with E-state index in [0.717, 1.165) is 0 Å². The highest BCUT2D eigenvalue weighted by Crippen LogP contribution is 2.23. The average molecular weight is 282 g/mol. The number of nitroso groups, excluding NO2 is 2. The lowest BCUT2D eigenvalue weighted by Gasteiger charge is -2.04. The number of ketones is 2. The lowest BCUT2D eigenvalue weighted by atomic mass is 9.99. The Balaban J connectivity index is 2.25. The van der Waals surface area contributed by atoms with E-state index in [9.17, 15) is 19.4 Å². The molecular formula is C15H10N2O4. The molecule has 2 rings (SSSR count). The molecule has 6 heteroatoms. The average Bonchev–Trinajstić information content (AvgIpc) is 2.54. The number of rotatable bonds is 6. The summed E-state index contributed by atoms with van der Waals surface area (Å²) in [6.45, 7) is 0. The fraction of sp³-hybridized carbons (Fsp3) is 0.0667. The highest BCUT2D eigenvalue weighted by atomic mass is 16.3. The van der Waals surface area contributed by atoms with Crippen LogP contribution in [0.15, 0.2) is 58.9 Å². The van der Waals surface area contributed by atoms with Crippen LogP contribution in [0.1, 0.15) is 27.1 Å². The predicted molar refractivity (Wildman–Crippen MR) is 77.1 cm³/mol. The Hall–Kier alpha value is -3.02. The maximum atomic E-state index is 12.1. The van der Waals surface area contributed by atoms with E-state index >= 15 is 0 Å². The molecule has 104 valence electrons. The van der Waals surface area contributed by atoms with Crippen LogP contribution < -0.4 is 0 Å². The third-order valence-corrected chi connectivity index (χ3v) is 2.93. The van der Waals surface area contributed by atoms with E-state index in [1.807, 2.05) is 0 Å². The topological polar surface area (TPSA) is 93.0 Å². The molecule has 0 heterocycles.